The molecule has 0 bridgehead atoms. The lowest BCUT2D eigenvalue weighted by atomic mass is 10.0. The highest BCUT2D eigenvalue weighted by Gasteiger charge is 2.02. The van der Waals surface area contributed by atoms with Gasteiger partial charge in [0.05, 0.1) is 0 Å². The van der Waals surface area contributed by atoms with Crippen LogP contribution in [-0.4, -0.2) is 15.0 Å². The lowest BCUT2D eigenvalue weighted by Crippen LogP contribution is -2.04. The maximum Gasteiger partial charge on any atom is 0.132 e. The van der Waals surface area contributed by atoms with Crippen LogP contribution in [0, 0.1) is 27.7 Å². The van der Waals surface area contributed by atoms with Crippen molar-refractivity contribution in [2.45, 2.75) is 40.5 Å². The van der Waals surface area contributed by atoms with Crippen molar-refractivity contribution in [1.82, 2.24) is 15.0 Å². The maximum atomic E-state index is 4.37. The summed E-state index contributed by atoms with van der Waals surface area (Å²) in [6, 6.07) is 6.66. The van der Waals surface area contributed by atoms with Crippen LogP contribution in [0.25, 0.3) is 0 Å². The molecule has 0 spiro atoms. The number of nitrogens with zero attached hydrogens (tertiary/aromatic N) is 3. The second-order valence-electron chi connectivity index (χ2n) is 4.84. The molecule has 0 atom stereocenters. The summed E-state index contributed by atoms with van der Waals surface area (Å²) in [4.78, 5) is 12.9. The molecule has 0 radical (unpaired) electrons. The Morgan fingerprint density at radius 2 is 1.28 bits per heavy atom. The van der Waals surface area contributed by atoms with Gasteiger partial charge in [-0.1, -0.05) is 29.3 Å². The molecule has 18 heavy (non-hydrogen) atoms. The molecule has 0 fully saturated rings. The summed E-state index contributed by atoms with van der Waals surface area (Å²) >= 11 is 0. The number of rotatable bonds is 3. The third-order valence-corrected chi connectivity index (χ3v) is 2.82. The Hall–Kier alpha value is -1.77. The molecule has 0 aliphatic rings. The van der Waals surface area contributed by atoms with E-state index in [1.165, 1.54) is 16.7 Å². The molecule has 1 heterocycles. The highest BCUT2D eigenvalue weighted by molar-refractivity contribution is 5.28. The number of benzene rings is 1. The summed E-state index contributed by atoms with van der Waals surface area (Å²) in [7, 11) is 0. The largest absolute Gasteiger partial charge is 0.219 e. The van der Waals surface area contributed by atoms with Gasteiger partial charge in [-0.25, -0.2) is 15.0 Å². The molecule has 94 valence electrons. The molecule has 0 saturated carbocycles. The molecule has 0 amide bonds. The van der Waals surface area contributed by atoms with E-state index in [1.807, 2.05) is 13.8 Å². The monoisotopic (exact) mass is 241 g/mol. The zero-order chi connectivity index (χ0) is 13.1. The van der Waals surface area contributed by atoms with Gasteiger partial charge in [-0.3, -0.25) is 0 Å². The first kappa shape index (κ1) is 12.7. The maximum absolute atomic E-state index is 4.37. The number of hydrogen-bond donors (Lipinski definition) is 0. The molecule has 1 aromatic carbocycles. The Kier molecular flexibility index (Phi) is 3.70. The van der Waals surface area contributed by atoms with Crippen LogP contribution in [0.2, 0.25) is 0 Å². The van der Waals surface area contributed by atoms with E-state index in [2.05, 4.69) is 47.0 Å². The SMILES string of the molecule is Cc1cc(C)cc(CCc2nc(C)nc(C)n2)c1. The van der Waals surface area contributed by atoms with E-state index in [1.54, 1.807) is 0 Å². The molecular formula is C15H19N3. The van der Waals surface area contributed by atoms with E-state index in [9.17, 15) is 0 Å². The van der Waals surface area contributed by atoms with Crippen molar-refractivity contribution >= 4 is 0 Å². The highest BCUT2D eigenvalue weighted by Crippen LogP contribution is 2.11. The normalized spacial score (nSPS) is 10.7. The average Bonchev–Trinajstić information content (AvgIpc) is 2.23. The van der Waals surface area contributed by atoms with Crippen LogP contribution in [0.1, 0.15) is 34.2 Å². The Morgan fingerprint density at radius 1 is 0.722 bits per heavy atom. The fraction of sp³-hybridized carbons (Fsp3) is 0.400. The molecule has 3 nitrogen and oxygen atoms in total. The second kappa shape index (κ2) is 5.25. The molecule has 2 rings (SSSR count). The van der Waals surface area contributed by atoms with Gasteiger partial charge in [-0.05, 0) is 39.7 Å². The standard InChI is InChI=1S/C15H19N3/c1-10-7-11(2)9-14(8-10)5-6-15-17-12(3)16-13(4)18-15/h7-9H,5-6H2,1-4H3. The quantitative estimate of drug-likeness (QED) is 0.829. The molecule has 0 aliphatic heterocycles. The van der Waals surface area contributed by atoms with Gasteiger partial charge in [-0.2, -0.15) is 0 Å². The highest BCUT2D eigenvalue weighted by atomic mass is 15.0. The van der Waals surface area contributed by atoms with Crippen LogP contribution >= 0.6 is 0 Å². The minimum Gasteiger partial charge on any atom is -0.219 e. The van der Waals surface area contributed by atoms with E-state index >= 15 is 0 Å². The van der Waals surface area contributed by atoms with Crippen molar-refractivity contribution in [1.29, 1.82) is 0 Å². The first-order valence-electron chi connectivity index (χ1n) is 6.28. The third-order valence-electron chi connectivity index (χ3n) is 2.82. The van der Waals surface area contributed by atoms with E-state index < -0.39 is 0 Å². The van der Waals surface area contributed by atoms with Gasteiger partial charge in [0.25, 0.3) is 0 Å². The zero-order valence-electron chi connectivity index (χ0n) is 11.5. The zero-order valence-corrected chi connectivity index (χ0v) is 11.5. The molecule has 0 saturated heterocycles. The Morgan fingerprint density at radius 3 is 1.83 bits per heavy atom. The van der Waals surface area contributed by atoms with Gasteiger partial charge in [0.1, 0.15) is 17.5 Å². The first-order valence-corrected chi connectivity index (χ1v) is 6.28. The molecule has 3 heteroatoms. The van der Waals surface area contributed by atoms with Crippen LogP contribution in [0.4, 0.5) is 0 Å². The predicted octanol–water partition coefficient (Wildman–Crippen LogP) is 2.89. The minimum absolute atomic E-state index is 0.804. The van der Waals surface area contributed by atoms with Crippen LogP contribution in [-0.2, 0) is 12.8 Å². The smallest absolute Gasteiger partial charge is 0.132 e. The van der Waals surface area contributed by atoms with Crippen molar-refractivity contribution in [3.05, 3.63) is 52.4 Å². The van der Waals surface area contributed by atoms with Gasteiger partial charge in [0, 0.05) is 6.42 Å². The van der Waals surface area contributed by atoms with Gasteiger partial charge in [0.15, 0.2) is 0 Å². The molecule has 0 unspecified atom stereocenters. The van der Waals surface area contributed by atoms with Crippen molar-refractivity contribution in [3.63, 3.8) is 0 Å². The lowest BCUT2D eigenvalue weighted by molar-refractivity contribution is 0.792. The number of hydrogen-bond acceptors (Lipinski definition) is 3. The van der Waals surface area contributed by atoms with E-state index in [-0.39, 0.29) is 0 Å². The number of aryl methyl sites for hydroxylation is 6. The van der Waals surface area contributed by atoms with Crippen LogP contribution < -0.4 is 0 Å². The first-order chi connectivity index (χ1) is 8.52. The van der Waals surface area contributed by atoms with Crippen LogP contribution in [0.5, 0.6) is 0 Å². The van der Waals surface area contributed by atoms with Crippen molar-refractivity contribution < 1.29 is 0 Å². The van der Waals surface area contributed by atoms with Gasteiger partial charge < -0.3 is 0 Å². The fourth-order valence-corrected chi connectivity index (χ4v) is 2.26. The van der Waals surface area contributed by atoms with E-state index in [4.69, 9.17) is 0 Å². The van der Waals surface area contributed by atoms with Gasteiger partial charge >= 0.3 is 0 Å². The van der Waals surface area contributed by atoms with Crippen molar-refractivity contribution in [2.24, 2.45) is 0 Å². The summed E-state index contributed by atoms with van der Waals surface area (Å²) in [6.07, 6.45) is 1.85. The summed E-state index contributed by atoms with van der Waals surface area (Å²) in [5, 5.41) is 0. The summed E-state index contributed by atoms with van der Waals surface area (Å²) in [6.45, 7) is 8.09. The Labute approximate surface area is 108 Å². The van der Waals surface area contributed by atoms with E-state index in [0.29, 0.717) is 0 Å². The lowest BCUT2D eigenvalue weighted by Gasteiger charge is -2.05. The van der Waals surface area contributed by atoms with Crippen molar-refractivity contribution in [3.8, 4) is 0 Å². The van der Waals surface area contributed by atoms with Crippen LogP contribution in [0.15, 0.2) is 18.2 Å². The number of aromatic nitrogens is 3. The van der Waals surface area contributed by atoms with Crippen molar-refractivity contribution in [2.75, 3.05) is 0 Å². The van der Waals surface area contributed by atoms with Gasteiger partial charge in [-0.15, -0.1) is 0 Å². The molecule has 0 aliphatic carbocycles. The fourth-order valence-electron chi connectivity index (χ4n) is 2.26. The Balaban J connectivity index is 2.11. The third kappa shape index (κ3) is 3.36. The molecule has 2 aromatic rings. The van der Waals surface area contributed by atoms with Gasteiger partial charge in [0.2, 0.25) is 0 Å². The average molecular weight is 241 g/mol. The predicted molar refractivity (Wildman–Crippen MR) is 72.6 cm³/mol. The molecule has 0 N–H and O–H groups in total. The summed E-state index contributed by atoms with van der Waals surface area (Å²) < 4.78 is 0. The Bertz CT molecular complexity index is 470. The van der Waals surface area contributed by atoms with E-state index in [0.717, 1.165) is 30.3 Å². The minimum atomic E-state index is 0.804. The summed E-state index contributed by atoms with van der Waals surface area (Å²) in [5.74, 6) is 2.50. The second-order valence-corrected chi connectivity index (χ2v) is 4.84. The summed E-state index contributed by atoms with van der Waals surface area (Å²) in [5.41, 5.74) is 3.98. The topological polar surface area (TPSA) is 38.7 Å². The molecular weight excluding hydrogens is 222 g/mol. The molecule has 1 aromatic heterocycles. The van der Waals surface area contributed by atoms with Crippen LogP contribution in [0.3, 0.4) is 0 Å².